The lowest BCUT2D eigenvalue weighted by Crippen LogP contribution is -2.23. The van der Waals surface area contributed by atoms with Crippen LogP contribution in [0.2, 0.25) is 0 Å². The summed E-state index contributed by atoms with van der Waals surface area (Å²) in [5.41, 5.74) is 1.95. The maximum Gasteiger partial charge on any atom is 0.255 e. The number of carbonyl (C=O) groups is 2. The van der Waals surface area contributed by atoms with Crippen LogP contribution in [-0.2, 0) is 4.79 Å². The van der Waals surface area contributed by atoms with E-state index >= 15 is 0 Å². The summed E-state index contributed by atoms with van der Waals surface area (Å²) in [5, 5.41) is 2.84. The molecule has 0 unspecified atom stereocenters. The second-order valence-electron chi connectivity index (χ2n) is 5.75. The first kappa shape index (κ1) is 16.8. The number of ether oxygens (including phenoxy) is 2. The van der Waals surface area contributed by atoms with Crippen molar-refractivity contribution in [2.75, 3.05) is 31.0 Å². The Labute approximate surface area is 146 Å². The first-order chi connectivity index (χ1) is 12.1. The van der Waals surface area contributed by atoms with Crippen molar-refractivity contribution in [3.05, 3.63) is 48.0 Å². The number of carbonyl (C=O) groups excluding carboxylic acids is 2. The van der Waals surface area contributed by atoms with Crippen LogP contribution >= 0.6 is 0 Å². The smallest absolute Gasteiger partial charge is 0.255 e. The molecular weight excluding hydrogens is 320 g/mol. The number of nitrogens with one attached hydrogen (secondary N) is 1. The molecule has 6 heteroatoms. The highest BCUT2D eigenvalue weighted by atomic mass is 16.5. The van der Waals surface area contributed by atoms with Gasteiger partial charge < -0.3 is 19.7 Å². The van der Waals surface area contributed by atoms with E-state index in [0.29, 0.717) is 29.2 Å². The number of nitrogens with zero attached hydrogens (tertiary/aromatic N) is 1. The minimum Gasteiger partial charge on any atom is -0.497 e. The Hall–Kier alpha value is -3.02. The summed E-state index contributed by atoms with van der Waals surface area (Å²) >= 11 is 0. The number of benzene rings is 2. The predicted octanol–water partition coefficient (Wildman–Crippen LogP) is 3.08. The molecule has 0 aromatic heterocycles. The van der Waals surface area contributed by atoms with Gasteiger partial charge in [-0.2, -0.15) is 0 Å². The molecule has 1 aliphatic rings. The molecule has 2 aromatic carbocycles. The fourth-order valence-corrected chi connectivity index (χ4v) is 2.79. The van der Waals surface area contributed by atoms with E-state index < -0.39 is 0 Å². The first-order valence-corrected chi connectivity index (χ1v) is 8.05. The van der Waals surface area contributed by atoms with Crippen molar-refractivity contribution >= 4 is 23.2 Å². The maximum absolute atomic E-state index is 12.5. The lowest BCUT2D eigenvalue weighted by molar-refractivity contribution is -0.117. The molecule has 1 N–H and O–H groups in total. The van der Waals surface area contributed by atoms with Crippen LogP contribution in [0, 0.1) is 0 Å². The van der Waals surface area contributed by atoms with Crippen molar-refractivity contribution in [1.82, 2.24) is 0 Å². The minimum absolute atomic E-state index is 0.139. The number of hydrogen-bond donors (Lipinski definition) is 1. The zero-order valence-electron chi connectivity index (χ0n) is 14.2. The van der Waals surface area contributed by atoms with Crippen molar-refractivity contribution in [1.29, 1.82) is 0 Å². The fourth-order valence-electron chi connectivity index (χ4n) is 2.79. The van der Waals surface area contributed by atoms with E-state index in [1.165, 1.54) is 14.2 Å². The molecule has 0 bridgehead atoms. The molecule has 1 heterocycles. The molecule has 0 spiro atoms. The summed E-state index contributed by atoms with van der Waals surface area (Å²) in [7, 11) is 3.07. The van der Waals surface area contributed by atoms with E-state index in [9.17, 15) is 9.59 Å². The Balaban J connectivity index is 1.74. The normalized spacial score (nSPS) is 13.7. The van der Waals surface area contributed by atoms with Crippen LogP contribution in [0.4, 0.5) is 11.4 Å². The molecule has 2 amide bonds. The molecule has 2 aromatic rings. The standard InChI is InChI=1S/C19H20N2O4/c1-24-16-10-13(11-17(12-16)25-2)19(23)20-14-5-7-15(8-6-14)21-9-3-4-18(21)22/h5-8,10-12H,3-4,9H2,1-2H3,(H,20,23). The predicted molar refractivity (Wildman–Crippen MR) is 95.5 cm³/mol. The number of hydrogen-bond acceptors (Lipinski definition) is 4. The summed E-state index contributed by atoms with van der Waals surface area (Å²) in [6.45, 7) is 0.744. The molecule has 1 fully saturated rings. The fraction of sp³-hybridized carbons (Fsp3) is 0.263. The van der Waals surface area contributed by atoms with Crippen LogP contribution in [0.1, 0.15) is 23.2 Å². The molecule has 3 rings (SSSR count). The molecule has 1 aliphatic heterocycles. The molecule has 6 nitrogen and oxygen atoms in total. The zero-order chi connectivity index (χ0) is 17.8. The quantitative estimate of drug-likeness (QED) is 0.908. The van der Waals surface area contributed by atoms with Crippen molar-refractivity contribution in [3.63, 3.8) is 0 Å². The largest absolute Gasteiger partial charge is 0.497 e. The van der Waals surface area contributed by atoms with Gasteiger partial charge in [0.1, 0.15) is 11.5 Å². The van der Waals surface area contributed by atoms with Gasteiger partial charge in [-0.05, 0) is 42.8 Å². The highest BCUT2D eigenvalue weighted by Gasteiger charge is 2.21. The molecular formula is C19H20N2O4. The van der Waals surface area contributed by atoms with E-state index in [1.54, 1.807) is 35.2 Å². The molecule has 1 saturated heterocycles. The van der Waals surface area contributed by atoms with E-state index in [0.717, 1.165) is 18.7 Å². The van der Waals surface area contributed by atoms with Gasteiger partial charge in [0.15, 0.2) is 0 Å². The number of amides is 2. The second kappa shape index (κ2) is 7.25. The number of methoxy groups -OCH3 is 2. The van der Waals surface area contributed by atoms with Crippen molar-refractivity contribution in [2.45, 2.75) is 12.8 Å². The van der Waals surface area contributed by atoms with Crippen LogP contribution in [0.3, 0.4) is 0 Å². The van der Waals surface area contributed by atoms with Crippen LogP contribution in [0.5, 0.6) is 11.5 Å². The zero-order valence-corrected chi connectivity index (χ0v) is 14.2. The van der Waals surface area contributed by atoms with Crippen LogP contribution in [0.25, 0.3) is 0 Å². The van der Waals surface area contributed by atoms with Gasteiger partial charge in [-0.15, -0.1) is 0 Å². The van der Waals surface area contributed by atoms with Gasteiger partial charge in [0.05, 0.1) is 14.2 Å². The summed E-state index contributed by atoms with van der Waals surface area (Å²) in [4.78, 5) is 26.0. The maximum atomic E-state index is 12.5. The number of anilines is 2. The van der Waals surface area contributed by atoms with Crippen molar-refractivity contribution in [3.8, 4) is 11.5 Å². The monoisotopic (exact) mass is 340 g/mol. The third-order valence-electron chi connectivity index (χ3n) is 4.12. The summed E-state index contributed by atoms with van der Waals surface area (Å²) in [6, 6.07) is 12.3. The van der Waals surface area contributed by atoms with Crippen LogP contribution in [0.15, 0.2) is 42.5 Å². The van der Waals surface area contributed by atoms with E-state index in [-0.39, 0.29) is 11.8 Å². The molecule has 0 saturated carbocycles. The molecule has 0 radical (unpaired) electrons. The average molecular weight is 340 g/mol. The lowest BCUT2D eigenvalue weighted by atomic mass is 10.1. The molecule has 0 atom stereocenters. The topological polar surface area (TPSA) is 67.9 Å². The molecule has 130 valence electrons. The summed E-state index contributed by atoms with van der Waals surface area (Å²) in [6.07, 6.45) is 1.48. The van der Waals surface area contributed by atoms with Crippen molar-refractivity contribution < 1.29 is 19.1 Å². The second-order valence-corrected chi connectivity index (χ2v) is 5.75. The van der Waals surface area contributed by atoms with Gasteiger partial charge in [-0.1, -0.05) is 0 Å². The van der Waals surface area contributed by atoms with Gasteiger partial charge in [-0.25, -0.2) is 0 Å². The molecule has 25 heavy (non-hydrogen) atoms. The Morgan fingerprint density at radius 1 is 1.04 bits per heavy atom. The Morgan fingerprint density at radius 3 is 2.20 bits per heavy atom. The van der Waals surface area contributed by atoms with Gasteiger partial charge in [0.2, 0.25) is 5.91 Å². The molecule has 0 aliphatic carbocycles. The van der Waals surface area contributed by atoms with Crippen molar-refractivity contribution in [2.24, 2.45) is 0 Å². The van der Waals surface area contributed by atoms with Gasteiger partial charge in [-0.3, -0.25) is 9.59 Å². The van der Waals surface area contributed by atoms with E-state index in [1.807, 2.05) is 12.1 Å². The van der Waals surface area contributed by atoms with Crippen LogP contribution in [-0.4, -0.2) is 32.6 Å². The highest BCUT2D eigenvalue weighted by molar-refractivity contribution is 6.05. The van der Waals surface area contributed by atoms with Gasteiger partial charge in [0, 0.05) is 36.0 Å². The Morgan fingerprint density at radius 2 is 1.68 bits per heavy atom. The minimum atomic E-state index is -0.262. The van der Waals surface area contributed by atoms with Gasteiger partial charge >= 0.3 is 0 Å². The van der Waals surface area contributed by atoms with Crippen LogP contribution < -0.4 is 19.7 Å². The van der Waals surface area contributed by atoms with E-state index in [2.05, 4.69) is 5.32 Å². The summed E-state index contributed by atoms with van der Waals surface area (Å²) in [5.74, 6) is 0.974. The average Bonchev–Trinajstić information content (AvgIpc) is 3.07. The first-order valence-electron chi connectivity index (χ1n) is 8.05. The Bertz CT molecular complexity index is 764. The summed E-state index contributed by atoms with van der Waals surface area (Å²) < 4.78 is 10.4. The Kier molecular flexibility index (Phi) is 4.88. The SMILES string of the molecule is COc1cc(OC)cc(C(=O)Nc2ccc(N3CCCC3=O)cc2)c1. The highest BCUT2D eigenvalue weighted by Crippen LogP contribution is 2.25. The van der Waals surface area contributed by atoms with E-state index in [4.69, 9.17) is 9.47 Å². The lowest BCUT2D eigenvalue weighted by Gasteiger charge is -2.16. The number of rotatable bonds is 5. The van der Waals surface area contributed by atoms with Gasteiger partial charge in [0.25, 0.3) is 5.91 Å². The third kappa shape index (κ3) is 3.74. The third-order valence-corrected chi connectivity index (χ3v) is 4.12.